The van der Waals surface area contributed by atoms with Crippen molar-refractivity contribution in [2.75, 3.05) is 7.11 Å². The lowest BCUT2D eigenvalue weighted by atomic mass is 9.99. The first-order valence-electron chi connectivity index (χ1n) is 7.72. The maximum atomic E-state index is 11.1. The minimum Gasteiger partial charge on any atom is -0.493 e. The highest BCUT2D eigenvalue weighted by Gasteiger charge is 2.48. The summed E-state index contributed by atoms with van der Waals surface area (Å²) in [6, 6.07) is 4.56. The number of aliphatic hydroxyl groups is 3. The molecule has 2 rings (SSSR count). The highest BCUT2D eigenvalue weighted by Crippen LogP contribution is 2.32. The van der Waals surface area contributed by atoms with E-state index in [0.29, 0.717) is 5.56 Å². The van der Waals surface area contributed by atoms with E-state index in [-0.39, 0.29) is 24.3 Å². The lowest BCUT2D eigenvalue weighted by Crippen LogP contribution is -2.61. The van der Waals surface area contributed by atoms with Gasteiger partial charge in [-0.1, -0.05) is 6.07 Å². The number of rotatable bonds is 7. The standard InChI is InChI=1S/C16H20O10/c1-24-9-6-7(3-5-10(17)18)2-4-8(9)25-16-13(21)11(19)12(20)14(26-16)15(22)23/h2,4,6,11-14,16,19-21H,3,5H2,1H3,(H,17,18)(H,22,23). The summed E-state index contributed by atoms with van der Waals surface area (Å²) in [5.74, 6) is -2.18. The molecule has 1 heterocycles. The molecule has 0 spiro atoms. The van der Waals surface area contributed by atoms with Crippen molar-refractivity contribution in [2.24, 2.45) is 0 Å². The van der Waals surface area contributed by atoms with Gasteiger partial charge < -0.3 is 39.7 Å². The molecule has 0 aromatic heterocycles. The molecule has 0 radical (unpaired) electrons. The largest absolute Gasteiger partial charge is 0.493 e. The van der Waals surface area contributed by atoms with E-state index in [1.165, 1.54) is 19.2 Å². The quantitative estimate of drug-likeness (QED) is 0.400. The zero-order chi connectivity index (χ0) is 19.4. The molecule has 0 bridgehead atoms. The first-order valence-corrected chi connectivity index (χ1v) is 7.72. The van der Waals surface area contributed by atoms with Crippen LogP contribution in [0.2, 0.25) is 0 Å². The van der Waals surface area contributed by atoms with E-state index in [9.17, 15) is 24.9 Å². The molecule has 0 amide bonds. The van der Waals surface area contributed by atoms with Crippen LogP contribution in [0.5, 0.6) is 11.5 Å². The molecular weight excluding hydrogens is 352 g/mol. The molecule has 1 aliphatic heterocycles. The monoisotopic (exact) mass is 372 g/mol. The number of carboxylic acids is 2. The minimum absolute atomic E-state index is 0.0712. The van der Waals surface area contributed by atoms with Crippen LogP contribution in [0.3, 0.4) is 0 Å². The fraction of sp³-hybridized carbons (Fsp3) is 0.500. The minimum atomic E-state index is -1.82. The van der Waals surface area contributed by atoms with Crippen LogP contribution in [0.4, 0.5) is 0 Å². The van der Waals surface area contributed by atoms with E-state index >= 15 is 0 Å². The third-order valence-corrected chi connectivity index (χ3v) is 3.91. The summed E-state index contributed by atoms with van der Waals surface area (Å²) in [6.45, 7) is 0. The Labute approximate surface area is 148 Å². The molecule has 5 unspecified atom stereocenters. The van der Waals surface area contributed by atoms with E-state index in [1.807, 2.05) is 0 Å². The van der Waals surface area contributed by atoms with Crippen LogP contribution in [0, 0.1) is 0 Å². The lowest BCUT2D eigenvalue weighted by molar-refractivity contribution is -0.271. The van der Waals surface area contributed by atoms with Crippen molar-refractivity contribution in [1.29, 1.82) is 0 Å². The Hall–Kier alpha value is -2.40. The van der Waals surface area contributed by atoms with Gasteiger partial charge in [-0.05, 0) is 24.1 Å². The second-order valence-electron chi connectivity index (χ2n) is 5.73. The molecule has 5 atom stereocenters. The van der Waals surface area contributed by atoms with Crippen molar-refractivity contribution in [3.05, 3.63) is 23.8 Å². The van der Waals surface area contributed by atoms with Crippen molar-refractivity contribution in [1.82, 2.24) is 0 Å². The van der Waals surface area contributed by atoms with Crippen LogP contribution in [0.15, 0.2) is 18.2 Å². The maximum absolute atomic E-state index is 11.1. The molecule has 144 valence electrons. The van der Waals surface area contributed by atoms with Crippen molar-refractivity contribution in [2.45, 2.75) is 43.5 Å². The van der Waals surface area contributed by atoms with E-state index < -0.39 is 42.6 Å². The van der Waals surface area contributed by atoms with Gasteiger partial charge in [-0.25, -0.2) is 4.79 Å². The lowest BCUT2D eigenvalue weighted by Gasteiger charge is -2.38. The summed E-state index contributed by atoms with van der Waals surface area (Å²) in [5.41, 5.74) is 0.667. The molecule has 1 saturated heterocycles. The van der Waals surface area contributed by atoms with Gasteiger partial charge >= 0.3 is 11.9 Å². The van der Waals surface area contributed by atoms with Crippen LogP contribution in [0.1, 0.15) is 12.0 Å². The van der Waals surface area contributed by atoms with Gasteiger partial charge in [0.1, 0.15) is 18.3 Å². The molecule has 0 aliphatic carbocycles. The first-order chi connectivity index (χ1) is 12.2. The normalized spacial score (nSPS) is 28.4. The van der Waals surface area contributed by atoms with Crippen LogP contribution >= 0.6 is 0 Å². The van der Waals surface area contributed by atoms with Crippen LogP contribution in [-0.4, -0.2) is 75.3 Å². The Bertz CT molecular complexity index is 660. The molecule has 0 saturated carbocycles. The van der Waals surface area contributed by atoms with Gasteiger partial charge in [-0.2, -0.15) is 0 Å². The van der Waals surface area contributed by atoms with Gasteiger partial charge in [0.2, 0.25) is 6.29 Å². The number of aliphatic hydroxyl groups excluding tert-OH is 3. The maximum Gasteiger partial charge on any atom is 0.335 e. The summed E-state index contributed by atoms with van der Waals surface area (Å²) in [6.07, 6.45) is -8.44. The predicted molar refractivity (Wildman–Crippen MR) is 83.9 cm³/mol. The number of carboxylic acid groups (broad SMARTS) is 2. The molecule has 1 aliphatic rings. The van der Waals surface area contributed by atoms with Crippen molar-refractivity contribution in [3.63, 3.8) is 0 Å². The molecular formula is C16H20O10. The molecule has 26 heavy (non-hydrogen) atoms. The molecule has 1 fully saturated rings. The van der Waals surface area contributed by atoms with E-state index in [1.54, 1.807) is 6.07 Å². The Morgan fingerprint density at radius 2 is 1.77 bits per heavy atom. The number of hydrogen-bond donors (Lipinski definition) is 5. The number of carbonyl (C=O) groups is 2. The van der Waals surface area contributed by atoms with Gasteiger partial charge in [0.05, 0.1) is 7.11 Å². The number of methoxy groups -OCH3 is 1. The SMILES string of the molecule is COc1cc(CCC(=O)O)ccc1OC1OC(C(=O)O)C(O)C(O)C1O. The summed E-state index contributed by atoms with van der Waals surface area (Å²) in [7, 11) is 1.35. The predicted octanol–water partition coefficient (Wildman–Crippen LogP) is -1.02. The fourth-order valence-electron chi connectivity index (χ4n) is 2.49. The van der Waals surface area contributed by atoms with Crippen LogP contribution in [0.25, 0.3) is 0 Å². The van der Waals surface area contributed by atoms with Crippen LogP contribution < -0.4 is 9.47 Å². The van der Waals surface area contributed by atoms with E-state index in [4.69, 9.17) is 24.4 Å². The Kier molecular flexibility index (Phi) is 6.37. The molecule has 10 nitrogen and oxygen atoms in total. The Morgan fingerprint density at radius 1 is 1.08 bits per heavy atom. The third kappa shape index (κ3) is 4.41. The molecule has 1 aromatic carbocycles. The van der Waals surface area contributed by atoms with Crippen molar-refractivity contribution in [3.8, 4) is 11.5 Å². The average Bonchev–Trinajstić information content (AvgIpc) is 2.60. The van der Waals surface area contributed by atoms with E-state index in [2.05, 4.69) is 0 Å². The van der Waals surface area contributed by atoms with Crippen LogP contribution in [-0.2, 0) is 20.7 Å². The molecule has 1 aromatic rings. The molecule has 10 heteroatoms. The van der Waals surface area contributed by atoms with Gasteiger partial charge in [0, 0.05) is 6.42 Å². The highest BCUT2D eigenvalue weighted by atomic mass is 16.7. The van der Waals surface area contributed by atoms with Crippen molar-refractivity contribution >= 4 is 11.9 Å². The summed E-state index contributed by atoms with van der Waals surface area (Å²) in [5, 5.41) is 47.2. The number of aryl methyl sites for hydroxylation is 1. The van der Waals surface area contributed by atoms with Gasteiger partial charge in [-0.3, -0.25) is 4.79 Å². The average molecular weight is 372 g/mol. The number of aliphatic carboxylic acids is 2. The van der Waals surface area contributed by atoms with Gasteiger partial charge in [0.25, 0.3) is 0 Å². The topological polar surface area (TPSA) is 163 Å². The summed E-state index contributed by atoms with van der Waals surface area (Å²) >= 11 is 0. The fourth-order valence-corrected chi connectivity index (χ4v) is 2.49. The zero-order valence-electron chi connectivity index (χ0n) is 13.8. The number of hydrogen-bond acceptors (Lipinski definition) is 8. The van der Waals surface area contributed by atoms with E-state index in [0.717, 1.165) is 0 Å². The Balaban J connectivity index is 2.18. The molecule has 5 N–H and O–H groups in total. The number of ether oxygens (including phenoxy) is 3. The highest BCUT2D eigenvalue weighted by molar-refractivity contribution is 5.73. The van der Waals surface area contributed by atoms with Gasteiger partial charge in [0.15, 0.2) is 17.6 Å². The third-order valence-electron chi connectivity index (χ3n) is 3.91. The second kappa shape index (κ2) is 8.32. The summed E-state index contributed by atoms with van der Waals surface area (Å²) < 4.78 is 15.6. The first kappa shape index (κ1) is 19.9. The Morgan fingerprint density at radius 3 is 2.35 bits per heavy atom. The smallest absolute Gasteiger partial charge is 0.335 e. The summed E-state index contributed by atoms with van der Waals surface area (Å²) in [4.78, 5) is 21.7. The zero-order valence-corrected chi connectivity index (χ0v) is 13.8. The number of benzene rings is 1. The van der Waals surface area contributed by atoms with Gasteiger partial charge in [-0.15, -0.1) is 0 Å². The second-order valence-corrected chi connectivity index (χ2v) is 5.73. The van der Waals surface area contributed by atoms with Crippen molar-refractivity contribution < 1.29 is 49.3 Å².